The van der Waals surface area contributed by atoms with E-state index in [-0.39, 0.29) is 6.42 Å². The second-order valence-electron chi connectivity index (χ2n) is 8.00. The van der Waals surface area contributed by atoms with Crippen molar-refractivity contribution >= 4 is 23.8 Å². The van der Waals surface area contributed by atoms with Crippen molar-refractivity contribution in [2.24, 2.45) is 0 Å². The van der Waals surface area contributed by atoms with E-state index in [0.29, 0.717) is 47.1 Å². The molecule has 0 unspecified atom stereocenters. The number of hydrogen-bond donors (Lipinski definition) is 8. The maximum Gasteiger partial charge on any atom is 0.337 e. The summed E-state index contributed by atoms with van der Waals surface area (Å²) >= 11 is 0. The van der Waals surface area contributed by atoms with Gasteiger partial charge in [-0.25, -0.2) is 19.9 Å². The van der Waals surface area contributed by atoms with Gasteiger partial charge in [0.1, 0.15) is 0 Å². The lowest BCUT2D eigenvalue weighted by Gasteiger charge is -2.24. The highest BCUT2D eigenvalue weighted by Crippen LogP contribution is 2.31. The minimum atomic E-state index is -0.526. The fraction of sp³-hybridized carbons (Fsp3) is 0.200. The summed E-state index contributed by atoms with van der Waals surface area (Å²) in [7, 11) is 0. The number of nitrogens with two attached hydrogens (primary N) is 4. The molecule has 0 aliphatic rings. The molecule has 0 atom stereocenters. The molecule has 8 heterocycles. The Morgan fingerprint density at radius 1 is 0.468 bits per heavy atom. The van der Waals surface area contributed by atoms with Gasteiger partial charge in [0.15, 0.2) is 0 Å². The van der Waals surface area contributed by atoms with Crippen LogP contribution < -0.4 is 63.3 Å². The molecule has 0 aromatic carbocycles. The molecular formula is C15H24N32. The first-order valence-corrected chi connectivity index (χ1v) is 12.4. The molecule has 8 aromatic heterocycles. The second-order valence-corrected chi connectivity index (χ2v) is 8.00. The summed E-state index contributed by atoms with van der Waals surface area (Å²) in [6.07, 6.45) is 6.21. The average molecular weight is 653 g/mol. The molecule has 32 heteroatoms. The summed E-state index contributed by atoms with van der Waals surface area (Å²) in [5, 5.41) is 82.4. The SMILES string of the molecule is C(C(c1nnn[n-]1)c1nnn[n-]1)C(c1nnn[n-]1)c1nnn[n-]1.Nc1[nH]nc[nH+]1.Nc1[nH]nc[nH+]1.Nc1[nH]nc[nH+]1.Nc1[nH]nc[nH+]1. The minimum Gasteiger partial charge on any atom is -0.335 e. The van der Waals surface area contributed by atoms with Gasteiger partial charge in [-0.1, -0.05) is 0 Å². The molecule has 0 saturated carbocycles. The van der Waals surface area contributed by atoms with Crippen LogP contribution in [0.3, 0.4) is 0 Å². The number of nitrogen functional groups attached to an aromatic ring is 4. The quantitative estimate of drug-likeness (QED) is 0.0826. The molecule has 0 bridgehead atoms. The van der Waals surface area contributed by atoms with Crippen molar-refractivity contribution in [2.75, 3.05) is 22.9 Å². The molecule has 0 saturated heterocycles. The van der Waals surface area contributed by atoms with Gasteiger partial charge in [-0.05, 0) is 26.8 Å². The lowest BCUT2D eigenvalue weighted by Crippen LogP contribution is -2.16. The number of rotatable bonds is 6. The fourth-order valence-electron chi connectivity index (χ4n) is 3.00. The van der Waals surface area contributed by atoms with Crippen molar-refractivity contribution in [3.8, 4) is 0 Å². The number of aromatic nitrogens is 28. The minimum absolute atomic E-state index is 0.279. The Morgan fingerprint density at radius 3 is 0.851 bits per heavy atom. The van der Waals surface area contributed by atoms with E-state index >= 15 is 0 Å². The predicted octanol–water partition coefficient (Wildman–Crippen LogP) is -9.17. The van der Waals surface area contributed by atoms with Crippen LogP contribution in [-0.4, -0.2) is 103 Å². The van der Waals surface area contributed by atoms with E-state index in [1.807, 2.05) is 0 Å². The Morgan fingerprint density at radius 2 is 0.723 bits per heavy atom. The third-order valence-corrected chi connectivity index (χ3v) is 4.93. The maximum absolute atomic E-state index is 5.10. The van der Waals surface area contributed by atoms with E-state index < -0.39 is 11.8 Å². The number of tetrazole rings is 4. The van der Waals surface area contributed by atoms with Crippen molar-refractivity contribution in [3.63, 3.8) is 0 Å². The van der Waals surface area contributed by atoms with Gasteiger partial charge >= 0.3 is 23.8 Å². The van der Waals surface area contributed by atoms with Crippen LogP contribution in [0.2, 0.25) is 0 Å². The average Bonchev–Trinajstić information content (AvgIpc) is 3.92. The molecule has 0 amide bonds. The van der Waals surface area contributed by atoms with Crippen LogP contribution in [-0.2, 0) is 0 Å². The smallest absolute Gasteiger partial charge is 0.335 e. The Bertz CT molecular complexity index is 1500. The molecule has 32 nitrogen and oxygen atoms in total. The predicted molar refractivity (Wildman–Crippen MR) is 139 cm³/mol. The number of anilines is 4. The highest BCUT2D eigenvalue weighted by atomic mass is 15.5. The van der Waals surface area contributed by atoms with Crippen LogP contribution in [0.25, 0.3) is 0 Å². The van der Waals surface area contributed by atoms with Gasteiger partial charge in [0.05, 0.1) is 0 Å². The Labute approximate surface area is 257 Å². The topological polar surface area (TPSA) is 486 Å². The van der Waals surface area contributed by atoms with Crippen molar-refractivity contribution in [1.29, 1.82) is 0 Å². The second kappa shape index (κ2) is 17.2. The first-order chi connectivity index (χ1) is 23.0. The molecule has 0 aliphatic carbocycles. The zero-order valence-electron chi connectivity index (χ0n) is 23.4. The van der Waals surface area contributed by atoms with Crippen LogP contribution in [0.5, 0.6) is 0 Å². The molecule has 47 heavy (non-hydrogen) atoms. The van der Waals surface area contributed by atoms with Crippen molar-refractivity contribution in [2.45, 2.75) is 18.3 Å². The summed E-state index contributed by atoms with van der Waals surface area (Å²) < 4.78 is 0. The fourth-order valence-corrected chi connectivity index (χ4v) is 3.00. The maximum atomic E-state index is 5.10. The van der Waals surface area contributed by atoms with E-state index in [4.69, 9.17) is 22.9 Å². The largest absolute Gasteiger partial charge is 0.337 e. The van der Waals surface area contributed by atoms with Crippen molar-refractivity contribution in [3.05, 3.63) is 48.6 Å². The first kappa shape index (κ1) is 32.0. The summed E-state index contributed by atoms with van der Waals surface area (Å²) in [5.74, 6) is 2.06. The Hall–Kier alpha value is -7.96. The summed E-state index contributed by atoms with van der Waals surface area (Å²) in [6, 6.07) is 0. The van der Waals surface area contributed by atoms with Gasteiger partial charge in [-0.3, -0.25) is 41.2 Å². The van der Waals surface area contributed by atoms with Gasteiger partial charge in [0.25, 0.3) is 0 Å². The van der Waals surface area contributed by atoms with Gasteiger partial charge in [0.2, 0.25) is 25.3 Å². The summed E-state index contributed by atoms with van der Waals surface area (Å²) in [6.45, 7) is 0. The third kappa shape index (κ3) is 10.7. The van der Waals surface area contributed by atoms with Crippen LogP contribution >= 0.6 is 0 Å². The van der Waals surface area contributed by atoms with E-state index in [2.05, 4.69) is 143 Å². The van der Waals surface area contributed by atoms with E-state index in [0.717, 1.165) is 0 Å². The van der Waals surface area contributed by atoms with Crippen LogP contribution in [0.15, 0.2) is 25.3 Å². The number of nitrogens with one attached hydrogen (secondary N) is 8. The van der Waals surface area contributed by atoms with Gasteiger partial charge < -0.3 is 43.3 Å². The highest BCUT2D eigenvalue weighted by molar-refractivity contribution is 5.14. The zero-order valence-corrected chi connectivity index (χ0v) is 23.4. The zero-order chi connectivity index (χ0) is 33.1. The number of nitrogens with zero attached hydrogens (tertiary/aromatic N) is 20. The van der Waals surface area contributed by atoms with E-state index in [1.54, 1.807) is 0 Å². The normalized spacial score (nSPS) is 10.1. The standard InChI is InChI=1S/C7H4N16.4C2H4N4/c1(2(4-8-16-17-9-4)5-10-18-19-11-5)3(6-12-20-21-13-6)7-14-22-23-15-7;4*3-2-4-1-5-6-2/h2-3H,1H2;4*1H,(H3,3,4,5,6)/q-4;;;;/p+4. The molecule has 0 radical (unpaired) electrons. The number of hydrogen-bond acceptors (Lipinski definition) is 20. The molecule has 244 valence electrons. The van der Waals surface area contributed by atoms with Gasteiger partial charge in [-0.15, -0.1) is 20.4 Å². The Balaban J connectivity index is 0.000000167. The molecule has 0 aliphatic heterocycles. The van der Waals surface area contributed by atoms with E-state index in [9.17, 15) is 0 Å². The van der Waals surface area contributed by atoms with Crippen molar-refractivity contribution in [1.82, 2.24) is 123 Å². The van der Waals surface area contributed by atoms with Gasteiger partial charge in [0, 0.05) is 35.1 Å². The molecular weight excluding hydrogens is 628 g/mol. The van der Waals surface area contributed by atoms with Gasteiger partial charge in [-0.2, -0.15) is 20.9 Å². The lowest BCUT2D eigenvalue weighted by molar-refractivity contribution is -0.360. The van der Waals surface area contributed by atoms with Crippen molar-refractivity contribution < 1.29 is 19.9 Å². The number of H-pyrrole nitrogens is 8. The van der Waals surface area contributed by atoms with Crippen LogP contribution in [0.1, 0.15) is 41.6 Å². The third-order valence-electron chi connectivity index (χ3n) is 4.93. The summed E-state index contributed by atoms with van der Waals surface area (Å²) in [4.78, 5) is 10.4. The number of aromatic amines is 8. The molecule has 16 N–H and O–H groups in total. The van der Waals surface area contributed by atoms with Crippen LogP contribution in [0, 0.1) is 0 Å². The van der Waals surface area contributed by atoms with E-state index in [1.165, 1.54) is 25.3 Å². The van der Waals surface area contributed by atoms with Crippen LogP contribution in [0.4, 0.5) is 23.8 Å². The Kier molecular flexibility index (Phi) is 11.7. The molecule has 8 rings (SSSR count). The summed E-state index contributed by atoms with van der Waals surface area (Å²) in [5.41, 5.74) is 20.4. The lowest BCUT2D eigenvalue weighted by atomic mass is 9.92. The molecule has 8 aromatic rings. The molecule has 0 spiro atoms. The first-order valence-electron chi connectivity index (χ1n) is 12.4. The monoisotopic (exact) mass is 652 g/mol. The molecule has 0 fully saturated rings. The highest BCUT2D eigenvalue weighted by Gasteiger charge is 2.22.